The highest BCUT2D eigenvalue weighted by Crippen LogP contribution is 2.28. The Balaban J connectivity index is 2.03. The van der Waals surface area contributed by atoms with Crippen molar-refractivity contribution in [3.05, 3.63) is 29.6 Å². The Hall–Kier alpha value is -1.42. The van der Waals surface area contributed by atoms with E-state index in [9.17, 15) is 14.3 Å². The molecule has 1 N–H and O–H groups in total. The van der Waals surface area contributed by atoms with Crippen LogP contribution in [-0.2, 0) is 0 Å². The fourth-order valence-electron chi connectivity index (χ4n) is 2.19. The van der Waals surface area contributed by atoms with Crippen LogP contribution < -0.4 is 0 Å². The Kier molecular flexibility index (Phi) is 4.53. The van der Waals surface area contributed by atoms with Gasteiger partial charge >= 0.3 is 0 Å². The fourth-order valence-corrected chi connectivity index (χ4v) is 2.19. The maximum absolute atomic E-state index is 13.1. The lowest BCUT2D eigenvalue weighted by Gasteiger charge is -2.21. The number of carbonyl (C=O) groups excluding carboxylic acids is 1. The van der Waals surface area contributed by atoms with Crippen LogP contribution in [0.25, 0.3) is 0 Å². The monoisotopic (exact) mass is 265 g/mol. The molecule has 0 aliphatic heterocycles. The minimum Gasteiger partial charge on any atom is -0.507 e. The molecule has 3 nitrogen and oxygen atoms in total. The molecule has 2 rings (SSSR count). The molecule has 1 aromatic carbocycles. The zero-order valence-electron chi connectivity index (χ0n) is 11.2. The van der Waals surface area contributed by atoms with Gasteiger partial charge < -0.3 is 5.11 Å². The number of ketones is 1. The van der Waals surface area contributed by atoms with Gasteiger partial charge in [-0.15, -0.1) is 0 Å². The summed E-state index contributed by atoms with van der Waals surface area (Å²) in [6.07, 6.45) is 4.40. The summed E-state index contributed by atoms with van der Waals surface area (Å²) in [7, 11) is 0. The van der Waals surface area contributed by atoms with Gasteiger partial charge in [0, 0.05) is 6.04 Å². The molecule has 0 unspecified atom stereocenters. The molecule has 1 fully saturated rings. The smallest absolute Gasteiger partial charge is 0.180 e. The van der Waals surface area contributed by atoms with Crippen LogP contribution in [0.1, 0.15) is 43.0 Å². The van der Waals surface area contributed by atoms with Crippen LogP contribution in [0.5, 0.6) is 5.75 Å². The molecular weight excluding hydrogens is 245 g/mol. The van der Waals surface area contributed by atoms with E-state index in [1.54, 1.807) is 0 Å². The van der Waals surface area contributed by atoms with Crippen molar-refractivity contribution in [2.75, 3.05) is 13.1 Å². The summed E-state index contributed by atoms with van der Waals surface area (Å²) in [4.78, 5) is 14.3. The Morgan fingerprint density at radius 3 is 2.84 bits per heavy atom. The SMILES string of the molecule is CCCCN(CC(=O)c1cc(F)ccc1O)C1CC1. The molecule has 0 bridgehead atoms. The van der Waals surface area contributed by atoms with Gasteiger partial charge in [-0.25, -0.2) is 4.39 Å². The molecule has 4 heteroatoms. The van der Waals surface area contributed by atoms with Gasteiger partial charge in [0.1, 0.15) is 11.6 Å². The highest BCUT2D eigenvalue weighted by atomic mass is 19.1. The molecule has 1 saturated carbocycles. The Labute approximate surface area is 113 Å². The number of rotatable bonds is 7. The van der Waals surface area contributed by atoms with E-state index in [0.29, 0.717) is 6.04 Å². The van der Waals surface area contributed by atoms with E-state index >= 15 is 0 Å². The van der Waals surface area contributed by atoms with E-state index in [4.69, 9.17) is 0 Å². The second-order valence-corrected chi connectivity index (χ2v) is 5.14. The van der Waals surface area contributed by atoms with Crippen molar-refractivity contribution < 1.29 is 14.3 Å². The predicted octanol–water partition coefficient (Wildman–Crippen LogP) is 2.98. The third-order valence-electron chi connectivity index (χ3n) is 3.47. The Morgan fingerprint density at radius 2 is 2.21 bits per heavy atom. The summed E-state index contributed by atoms with van der Waals surface area (Å²) in [5.41, 5.74) is 0.0853. The lowest BCUT2D eigenvalue weighted by atomic mass is 10.1. The number of carbonyl (C=O) groups is 1. The van der Waals surface area contributed by atoms with E-state index in [0.717, 1.165) is 44.4 Å². The summed E-state index contributed by atoms with van der Waals surface area (Å²) in [6.45, 7) is 3.27. The van der Waals surface area contributed by atoms with Crippen molar-refractivity contribution in [3.63, 3.8) is 0 Å². The zero-order valence-corrected chi connectivity index (χ0v) is 11.2. The standard InChI is InChI=1S/C15H20FNO2/c1-2-3-8-17(12-5-6-12)10-15(19)13-9-11(16)4-7-14(13)18/h4,7,9,12,18H,2-3,5-6,8,10H2,1H3. The van der Waals surface area contributed by atoms with Crippen molar-refractivity contribution >= 4 is 5.78 Å². The highest BCUT2D eigenvalue weighted by molar-refractivity contribution is 6.00. The number of hydrogen-bond donors (Lipinski definition) is 1. The molecule has 0 atom stereocenters. The number of benzene rings is 1. The summed E-state index contributed by atoms with van der Waals surface area (Å²) >= 11 is 0. The van der Waals surface area contributed by atoms with Crippen LogP contribution in [0.15, 0.2) is 18.2 Å². The second kappa shape index (κ2) is 6.15. The third-order valence-corrected chi connectivity index (χ3v) is 3.47. The van der Waals surface area contributed by atoms with E-state index < -0.39 is 5.82 Å². The largest absolute Gasteiger partial charge is 0.507 e. The molecule has 1 aliphatic rings. The topological polar surface area (TPSA) is 40.5 Å². The average molecular weight is 265 g/mol. The molecule has 0 heterocycles. The van der Waals surface area contributed by atoms with Gasteiger partial charge in [-0.3, -0.25) is 9.69 Å². The number of unbranched alkanes of at least 4 members (excludes halogenated alkanes) is 1. The van der Waals surface area contributed by atoms with Crippen molar-refractivity contribution in [1.29, 1.82) is 0 Å². The van der Waals surface area contributed by atoms with Gasteiger partial charge in [-0.1, -0.05) is 13.3 Å². The van der Waals surface area contributed by atoms with Crippen molar-refractivity contribution in [1.82, 2.24) is 4.90 Å². The fraction of sp³-hybridized carbons (Fsp3) is 0.533. The van der Waals surface area contributed by atoms with Crippen LogP contribution >= 0.6 is 0 Å². The molecular formula is C15H20FNO2. The first-order valence-corrected chi connectivity index (χ1v) is 6.87. The van der Waals surface area contributed by atoms with Crippen LogP contribution in [0.4, 0.5) is 4.39 Å². The number of phenolic OH excluding ortho intramolecular Hbond substituents is 1. The molecule has 19 heavy (non-hydrogen) atoms. The lowest BCUT2D eigenvalue weighted by molar-refractivity contribution is 0.0920. The first-order valence-electron chi connectivity index (χ1n) is 6.87. The molecule has 1 aromatic rings. The maximum Gasteiger partial charge on any atom is 0.180 e. The average Bonchev–Trinajstić information content (AvgIpc) is 3.21. The van der Waals surface area contributed by atoms with E-state index in [2.05, 4.69) is 11.8 Å². The lowest BCUT2D eigenvalue weighted by Crippen LogP contribution is -2.33. The van der Waals surface area contributed by atoms with Crippen LogP contribution in [0.3, 0.4) is 0 Å². The second-order valence-electron chi connectivity index (χ2n) is 5.14. The van der Waals surface area contributed by atoms with Gasteiger partial charge in [-0.05, 0) is 44.0 Å². The van der Waals surface area contributed by atoms with Gasteiger partial charge in [0.2, 0.25) is 0 Å². The predicted molar refractivity (Wildman–Crippen MR) is 71.9 cm³/mol. The summed E-state index contributed by atoms with van der Waals surface area (Å²) in [5.74, 6) is -0.842. The van der Waals surface area contributed by atoms with E-state index in [1.165, 1.54) is 6.07 Å². The van der Waals surface area contributed by atoms with Gasteiger partial charge in [0.15, 0.2) is 5.78 Å². The molecule has 0 saturated heterocycles. The van der Waals surface area contributed by atoms with Crippen molar-refractivity contribution in [2.45, 2.75) is 38.6 Å². The number of phenols is 1. The quantitative estimate of drug-likeness (QED) is 0.770. The minimum atomic E-state index is -0.493. The normalized spacial score (nSPS) is 14.9. The van der Waals surface area contributed by atoms with Gasteiger partial charge in [0.05, 0.1) is 12.1 Å². The molecule has 1 aliphatic carbocycles. The van der Waals surface area contributed by atoms with Crippen LogP contribution in [0, 0.1) is 5.82 Å². The summed E-state index contributed by atoms with van der Waals surface area (Å²) in [5, 5.41) is 9.64. The first-order chi connectivity index (χ1) is 9.11. The number of hydrogen-bond acceptors (Lipinski definition) is 3. The maximum atomic E-state index is 13.1. The van der Waals surface area contributed by atoms with E-state index in [1.807, 2.05) is 0 Å². The summed E-state index contributed by atoms with van der Waals surface area (Å²) < 4.78 is 13.1. The van der Waals surface area contributed by atoms with Crippen LogP contribution in [0.2, 0.25) is 0 Å². The van der Waals surface area contributed by atoms with Gasteiger partial charge in [-0.2, -0.15) is 0 Å². The van der Waals surface area contributed by atoms with E-state index in [-0.39, 0.29) is 23.6 Å². The zero-order chi connectivity index (χ0) is 13.8. The number of nitrogens with zero attached hydrogens (tertiary/aromatic N) is 1. The van der Waals surface area contributed by atoms with Crippen molar-refractivity contribution in [2.24, 2.45) is 0 Å². The number of Topliss-reactive ketones (excluding diaryl/α,β-unsaturated/α-hetero) is 1. The molecule has 0 aromatic heterocycles. The first kappa shape index (κ1) is 14.0. The van der Waals surface area contributed by atoms with Crippen molar-refractivity contribution in [3.8, 4) is 5.75 Å². The van der Waals surface area contributed by atoms with Gasteiger partial charge in [0.25, 0.3) is 0 Å². The van der Waals surface area contributed by atoms with Crippen LogP contribution in [-0.4, -0.2) is 34.9 Å². The summed E-state index contributed by atoms with van der Waals surface area (Å²) in [6, 6.07) is 3.99. The number of halogens is 1. The molecule has 0 radical (unpaired) electrons. The Bertz CT molecular complexity index is 457. The molecule has 0 amide bonds. The Morgan fingerprint density at radius 1 is 1.47 bits per heavy atom. The minimum absolute atomic E-state index is 0.0853. The molecule has 0 spiro atoms. The third kappa shape index (κ3) is 3.77. The molecule has 104 valence electrons. The number of aromatic hydroxyl groups is 1. The highest BCUT2D eigenvalue weighted by Gasteiger charge is 2.30.